The Bertz CT molecular complexity index is 1440. The molecule has 16 nitrogen and oxygen atoms in total. The lowest BCUT2D eigenvalue weighted by atomic mass is 9.68. The van der Waals surface area contributed by atoms with Gasteiger partial charge in [0, 0.05) is 24.7 Å². The molecule has 6 unspecified atom stereocenters. The number of unbranched alkanes of at least 4 members (excludes halogenated alkanes) is 24. The topological polar surface area (TPSA) is 322 Å². The van der Waals surface area contributed by atoms with Crippen LogP contribution in [0.25, 0.3) is 0 Å². The molecule has 0 radical (unpaired) electrons. The number of carbonyl (C=O) groups is 8. The molecule has 0 aromatic heterocycles. The molecular formula is C62H116N4O12. The van der Waals surface area contributed by atoms with Crippen LogP contribution in [-0.4, -0.2) is 67.9 Å². The highest BCUT2D eigenvalue weighted by atomic mass is 16.4. The standard InChI is InChI=1S/2C18H35NO.C10H12O8.2C8H17NO/c2*1-2-3-4-5-6-7-8-9-10-11-12-13-14-15-16-17-18(19)20;11-7(12)3-1-4(8(13)14)6(10(17)18)2-5(3)9(15)16;2*1-3-5-6-7(4-2)8(9)10/h2*9-10H,2-8,11-17H2,1H3,(H2,19,20);3-6H,1-2H2,(H,11,12)(H,13,14)(H,15,16)(H,17,18);2*7H,3-6H2,1-2H3,(H2,9,10)/b2*10-9-;;;. The van der Waals surface area contributed by atoms with Crippen molar-refractivity contribution in [1.82, 2.24) is 0 Å². The molecule has 12 N–H and O–H groups in total. The highest BCUT2D eigenvalue weighted by molar-refractivity contribution is 5.85. The lowest BCUT2D eigenvalue weighted by Gasteiger charge is -2.33. The van der Waals surface area contributed by atoms with Gasteiger partial charge in [-0.1, -0.05) is 194 Å². The number of hydrogen-bond donors (Lipinski definition) is 8. The second-order valence-corrected chi connectivity index (χ2v) is 21.2. The first-order valence-electron chi connectivity index (χ1n) is 30.6. The lowest BCUT2D eigenvalue weighted by Crippen LogP contribution is -2.44. The van der Waals surface area contributed by atoms with Gasteiger partial charge in [0.25, 0.3) is 0 Å². The number of amides is 4. The van der Waals surface area contributed by atoms with Crippen LogP contribution in [0.3, 0.4) is 0 Å². The molecule has 1 aliphatic carbocycles. The molecule has 0 aromatic carbocycles. The van der Waals surface area contributed by atoms with Gasteiger partial charge in [0.05, 0.1) is 23.7 Å². The largest absolute Gasteiger partial charge is 0.481 e. The summed E-state index contributed by atoms with van der Waals surface area (Å²) in [6, 6.07) is 0. The summed E-state index contributed by atoms with van der Waals surface area (Å²) in [7, 11) is 0. The summed E-state index contributed by atoms with van der Waals surface area (Å²) in [5.41, 5.74) is 20.5. The monoisotopic (exact) mass is 1110 g/mol. The molecule has 1 fully saturated rings. The molecule has 1 rings (SSSR count). The number of aliphatic carboxylic acids is 4. The number of carbonyl (C=O) groups excluding carboxylic acids is 4. The number of carboxylic acids is 4. The highest BCUT2D eigenvalue weighted by Gasteiger charge is 2.49. The lowest BCUT2D eigenvalue weighted by molar-refractivity contribution is -0.167. The van der Waals surface area contributed by atoms with Gasteiger partial charge in [-0.2, -0.15) is 0 Å². The Kier molecular flexibility index (Phi) is 59.7. The van der Waals surface area contributed by atoms with Crippen molar-refractivity contribution in [3.05, 3.63) is 24.3 Å². The Morgan fingerprint density at radius 1 is 0.346 bits per heavy atom. The van der Waals surface area contributed by atoms with E-state index in [1.54, 1.807) is 0 Å². The fourth-order valence-electron chi connectivity index (χ4n) is 9.03. The molecule has 6 atom stereocenters. The summed E-state index contributed by atoms with van der Waals surface area (Å²) < 4.78 is 0. The summed E-state index contributed by atoms with van der Waals surface area (Å²) in [5.74, 6) is -11.6. The number of nitrogens with two attached hydrogens (primary N) is 4. The van der Waals surface area contributed by atoms with Crippen molar-refractivity contribution in [2.45, 2.75) is 286 Å². The highest BCUT2D eigenvalue weighted by Crippen LogP contribution is 2.39. The quantitative estimate of drug-likeness (QED) is 0.0209. The molecule has 0 aromatic rings. The SMILES string of the molecule is CCCCC(CC)C(N)=O.CCCCC(CC)C(N)=O.CCCCCCCC/C=C\CCCCCCCC(N)=O.CCCCCCCC/C=C\CCCCCCCC(N)=O.O=C(O)C1CC(C(=O)O)C(C(=O)O)CC1C(=O)O. The van der Waals surface area contributed by atoms with E-state index in [0.717, 1.165) is 77.0 Å². The van der Waals surface area contributed by atoms with Crippen LogP contribution in [-0.2, 0) is 38.4 Å². The number of hydrogen-bond acceptors (Lipinski definition) is 8. The summed E-state index contributed by atoms with van der Waals surface area (Å²) in [6.45, 7) is 12.8. The molecule has 0 aliphatic heterocycles. The van der Waals surface area contributed by atoms with Gasteiger partial charge >= 0.3 is 23.9 Å². The third kappa shape index (κ3) is 53.3. The minimum Gasteiger partial charge on any atom is -0.481 e. The molecule has 0 bridgehead atoms. The Morgan fingerprint density at radius 3 is 0.756 bits per heavy atom. The third-order valence-corrected chi connectivity index (χ3v) is 14.2. The summed E-state index contributed by atoms with van der Waals surface area (Å²) in [4.78, 5) is 86.1. The Hall–Kier alpha value is -4.76. The average Bonchev–Trinajstić information content (AvgIpc) is 3.39. The minimum absolute atomic E-state index is 0.111. The van der Waals surface area contributed by atoms with Crippen molar-refractivity contribution < 1.29 is 58.8 Å². The van der Waals surface area contributed by atoms with E-state index >= 15 is 0 Å². The first-order valence-corrected chi connectivity index (χ1v) is 30.6. The van der Waals surface area contributed by atoms with Crippen LogP contribution in [0.2, 0.25) is 0 Å². The molecule has 78 heavy (non-hydrogen) atoms. The predicted molar refractivity (Wildman–Crippen MR) is 316 cm³/mol. The van der Waals surface area contributed by atoms with E-state index in [1.165, 1.54) is 141 Å². The van der Waals surface area contributed by atoms with Gasteiger partial charge < -0.3 is 43.4 Å². The first kappa shape index (κ1) is 79.7. The summed E-state index contributed by atoms with van der Waals surface area (Å²) in [5, 5.41) is 35.5. The number of carboxylic acid groups (broad SMARTS) is 4. The number of rotatable bonds is 44. The molecule has 0 saturated heterocycles. The zero-order chi connectivity index (χ0) is 59.8. The molecule has 1 saturated carbocycles. The van der Waals surface area contributed by atoms with E-state index in [2.05, 4.69) is 52.0 Å². The van der Waals surface area contributed by atoms with Crippen LogP contribution >= 0.6 is 0 Å². The van der Waals surface area contributed by atoms with Crippen LogP contribution in [0.15, 0.2) is 24.3 Å². The molecule has 0 heterocycles. The summed E-state index contributed by atoms with van der Waals surface area (Å²) in [6.07, 6.45) is 51.1. The van der Waals surface area contributed by atoms with Gasteiger partial charge in [0.1, 0.15) is 0 Å². The van der Waals surface area contributed by atoms with Crippen LogP contribution in [0.4, 0.5) is 0 Å². The van der Waals surface area contributed by atoms with Crippen LogP contribution in [0.1, 0.15) is 286 Å². The predicted octanol–water partition coefficient (Wildman–Crippen LogP) is 14.0. The van der Waals surface area contributed by atoms with Crippen LogP contribution < -0.4 is 22.9 Å². The summed E-state index contributed by atoms with van der Waals surface area (Å²) >= 11 is 0. The molecule has 0 spiro atoms. The molecule has 16 heteroatoms. The molecule has 456 valence electrons. The van der Waals surface area contributed by atoms with Crippen LogP contribution in [0.5, 0.6) is 0 Å². The molecule has 4 amide bonds. The maximum Gasteiger partial charge on any atom is 0.307 e. The maximum atomic E-state index is 10.9. The van der Waals surface area contributed by atoms with Gasteiger partial charge in [0.15, 0.2) is 0 Å². The fraction of sp³-hybridized carbons (Fsp3) is 0.806. The normalized spacial score (nSPS) is 16.4. The van der Waals surface area contributed by atoms with Crippen LogP contribution in [0, 0.1) is 35.5 Å². The number of allylic oxidation sites excluding steroid dienone is 4. The van der Waals surface area contributed by atoms with Gasteiger partial charge in [0.2, 0.25) is 23.6 Å². The third-order valence-electron chi connectivity index (χ3n) is 14.2. The Labute approximate surface area is 472 Å². The van der Waals surface area contributed by atoms with Crippen molar-refractivity contribution in [3.63, 3.8) is 0 Å². The minimum atomic E-state index is -1.42. The van der Waals surface area contributed by atoms with Gasteiger partial charge in [-0.3, -0.25) is 38.4 Å². The van der Waals surface area contributed by atoms with E-state index in [4.69, 9.17) is 43.4 Å². The van der Waals surface area contributed by atoms with E-state index < -0.39 is 60.4 Å². The average molecular weight is 1110 g/mol. The molecule has 1 aliphatic rings. The maximum absolute atomic E-state index is 10.9. The van der Waals surface area contributed by atoms with E-state index in [9.17, 15) is 38.4 Å². The van der Waals surface area contributed by atoms with Crippen molar-refractivity contribution in [1.29, 1.82) is 0 Å². The zero-order valence-electron chi connectivity index (χ0n) is 50.0. The van der Waals surface area contributed by atoms with Gasteiger partial charge in [-0.05, 0) is 103 Å². The van der Waals surface area contributed by atoms with Crippen molar-refractivity contribution in [2.75, 3.05) is 0 Å². The van der Waals surface area contributed by atoms with E-state index in [-0.39, 0.29) is 35.5 Å². The Balaban J connectivity index is -0.000000451. The van der Waals surface area contributed by atoms with E-state index in [0.29, 0.717) is 12.8 Å². The fourth-order valence-corrected chi connectivity index (χ4v) is 9.03. The number of primary amides is 4. The van der Waals surface area contributed by atoms with Crippen molar-refractivity contribution >= 4 is 47.5 Å². The second-order valence-electron chi connectivity index (χ2n) is 21.2. The first-order chi connectivity index (χ1) is 37.2. The Morgan fingerprint density at radius 2 is 0.564 bits per heavy atom. The van der Waals surface area contributed by atoms with Crippen molar-refractivity contribution in [3.8, 4) is 0 Å². The van der Waals surface area contributed by atoms with Gasteiger partial charge in [-0.25, -0.2) is 0 Å². The van der Waals surface area contributed by atoms with Crippen molar-refractivity contribution in [2.24, 2.45) is 58.4 Å². The smallest absolute Gasteiger partial charge is 0.307 e. The second kappa shape index (κ2) is 58.4. The van der Waals surface area contributed by atoms with E-state index in [1.807, 2.05) is 13.8 Å². The zero-order valence-corrected chi connectivity index (χ0v) is 50.0. The van der Waals surface area contributed by atoms with Gasteiger partial charge in [-0.15, -0.1) is 0 Å². The molecular weight excluding hydrogens is 993 g/mol.